The van der Waals surface area contributed by atoms with E-state index >= 15 is 0 Å². The largest absolute Gasteiger partial charge is 0.465 e. The highest BCUT2D eigenvalue weighted by molar-refractivity contribution is 7.89. The lowest BCUT2D eigenvalue weighted by atomic mass is 9.99. The summed E-state index contributed by atoms with van der Waals surface area (Å²) in [5.41, 5.74) is 5.65. The second-order valence-corrected chi connectivity index (χ2v) is 7.74. The fraction of sp³-hybridized carbons (Fsp3) is 0.500. The number of halogens is 1. The zero-order valence-corrected chi connectivity index (χ0v) is 16.1. The lowest BCUT2D eigenvalue weighted by Crippen LogP contribution is -2.46. The number of esters is 1. The highest BCUT2D eigenvalue weighted by Gasteiger charge is 2.33. The minimum absolute atomic E-state index is 0. The van der Waals surface area contributed by atoms with Gasteiger partial charge >= 0.3 is 5.97 Å². The summed E-state index contributed by atoms with van der Waals surface area (Å²) in [6.45, 7) is 1.21. The molecule has 10 heteroatoms. The fourth-order valence-electron chi connectivity index (χ4n) is 2.74. The molecule has 2 rings (SSSR count). The molecule has 1 aliphatic heterocycles. The molecule has 0 saturated carbocycles. The highest BCUT2D eigenvalue weighted by Crippen LogP contribution is 2.24. The number of carbonyl (C=O) groups is 2. The van der Waals surface area contributed by atoms with E-state index in [4.69, 9.17) is 5.73 Å². The van der Waals surface area contributed by atoms with Crippen LogP contribution in [0.5, 0.6) is 0 Å². The number of carbonyl (C=O) groups excluding carboxylic acids is 2. The average Bonchev–Trinajstić information content (AvgIpc) is 2.65. The highest BCUT2D eigenvalue weighted by atomic mass is 35.5. The summed E-state index contributed by atoms with van der Waals surface area (Å²) in [5, 5.41) is 2.70. The number of nitrogens with one attached hydrogen (secondary N) is 1. The van der Waals surface area contributed by atoms with Crippen molar-refractivity contribution in [2.24, 2.45) is 11.7 Å². The van der Waals surface area contributed by atoms with Gasteiger partial charge in [-0.05, 0) is 37.1 Å². The molecular weight excluding hydrogens is 382 g/mol. The lowest BCUT2D eigenvalue weighted by molar-refractivity contribution is -0.126. The van der Waals surface area contributed by atoms with Gasteiger partial charge in [-0.2, -0.15) is 4.31 Å². The van der Waals surface area contributed by atoms with Crippen LogP contribution in [0.1, 0.15) is 23.2 Å². The SMILES string of the molecule is COC(=O)c1ccc(S(=O)(=O)N2CCCC(C(=O)NCCN)C2)cc1.Cl. The van der Waals surface area contributed by atoms with Gasteiger partial charge in [0.05, 0.1) is 23.5 Å². The summed E-state index contributed by atoms with van der Waals surface area (Å²) >= 11 is 0. The molecule has 3 N–H and O–H groups in total. The van der Waals surface area contributed by atoms with Gasteiger partial charge in [0.15, 0.2) is 0 Å². The molecular formula is C16H24ClN3O5S. The molecule has 1 amide bonds. The van der Waals surface area contributed by atoms with Crippen LogP contribution in [0.15, 0.2) is 29.2 Å². The molecule has 0 spiro atoms. The Kier molecular flexibility index (Phi) is 8.48. The van der Waals surface area contributed by atoms with E-state index in [9.17, 15) is 18.0 Å². The Morgan fingerprint density at radius 1 is 1.31 bits per heavy atom. The maximum atomic E-state index is 12.8. The average molecular weight is 406 g/mol. The normalized spacial score (nSPS) is 17.8. The molecule has 0 bridgehead atoms. The van der Waals surface area contributed by atoms with Crippen molar-refractivity contribution in [3.63, 3.8) is 0 Å². The van der Waals surface area contributed by atoms with Crippen LogP contribution in [-0.4, -0.2) is 57.9 Å². The molecule has 0 radical (unpaired) electrons. The first-order valence-corrected chi connectivity index (χ1v) is 9.50. The van der Waals surface area contributed by atoms with Crippen molar-refractivity contribution in [3.8, 4) is 0 Å². The summed E-state index contributed by atoms with van der Waals surface area (Å²) in [6.07, 6.45) is 1.25. The van der Waals surface area contributed by atoms with Crippen LogP contribution < -0.4 is 11.1 Å². The summed E-state index contributed by atoms with van der Waals surface area (Å²) in [4.78, 5) is 23.6. The minimum Gasteiger partial charge on any atom is -0.465 e. The van der Waals surface area contributed by atoms with E-state index in [1.807, 2.05) is 0 Å². The number of piperidine rings is 1. The van der Waals surface area contributed by atoms with E-state index in [1.165, 1.54) is 35.7 Å². The Balaban J connectivity index is 0.00000338. The van der Waals surface area contributed by atoms with Crippen molar-refractivity contribution in [3.05, 3.63) is 29.8 Å². The zero-order valence-electron chi connectivity index (χ0n) is 14.5. The summed E-state index contributed by atoms with van der Waals surface area (Å²) < 4.78 is 31.5. The Hall–Kier alpha value is -1.68. The van der Waals surface area contributed by atoms with Gasteiger partial charge in [0.1, 0.15) is 0 Å². The number of rotatable bonds is 6. The lowest BCUT2D eigenvalue weighted by Gasteiger charge is -2.31. The minimum atomic E-state index is -3.72. The molecule has 1 saturated heterocycles. The maximum Gasteiger partial charge on any atom is 0.337 e. The Labute approximate surface area is 159 Å². The second kappa shape index (κ2) is 9.86. The van der Waals surface area contributed by atoms with Crippen molar-refractivity contribution < 1.29 is 22.7 Å². The van der Waals surface area contributed by atoms with Crippen LogP contribution in [0.4, 0.5) is 0 Å². The number of sulfonamides is 1. The van der Waals surface area contributed by atoms with Gasteiger partial charge in [0.25, 0.3) is 0 Å². The third-order valence-electron chi connectivity index (χ3n) is 4.11. The molecule has 8 nitrogen and oxygen atoms in total. The van der Waals surface area contributed by atoms with Crippen molar-refractivity contribution in [1.82, 2.24) is 9.62 Å². The van der Waals surface area contributed by atoms with Crippen molar-refractivity contribution >= 4 is 34.3 Å². The van der Waals surface area contributed by atoms with E-state index in [0.29, 0.717) is 32.5 Å². The molecule has 1 atom stereocenters. The predicted molar refractivity (Wildman–Crippen MR) is 98.6 cm³/mol. The van der Waals surface area contributed by atoms with E-state index in [2.05, 4.69) is 10.1 Å². The van der Waals surface area contributed by atoms with Gasteiger partial charge in [-0.3, -0.25) is 4.79 Å². The molecule has 1 aromatic rings. The smallest absolute Gasteiger partial charge is 0.337 e. The Morgan fingerprint density at radius 3 is 2.54 bits per heavy atom. The van der Waals surface area contributed by atoms with Gasteiger partial charge in [0, 0.05) is 26.2 Å². The van der Waals surface area contributed by atoms with Crippen LogP contribution in [0.2, 0.25) is 0 Å². The van der Waals surface area contributed by atoms with Crippen molar-refractivity contribution in [2.45, 2.75) is 17.7 Å². The first kappa shape index (κ1) is 22.4. The Bertz CT molecular complexity index is 724. The summed E-state index contributed by atoms with van der Waals surface area (Å²) in [7, 11) is -2.46. The van der Waals surface area contributed by atoms with E-state index in [0.717, 1.165) is 0 Å². The van der Waals surface area contributed by atoms with Crippen LogP contribution in [0.25, 0.3) is 0 Å². The number of hydrogen-bond acceptors (Lipinski definition) is 6. The summed E-state index contributed by atoms with van der Waals surface area (Å²) in [6, 6.07) is 5.57. The molecule has 1 heterocycles. The first-order chi connectivity index (χ1) is 11.9. The molecule has 1 aromatic carbocycles. The number of ether oxygens (including phenoxy) is 1. The van der Waals surface area contributed by atoms with E-state index < -0.39 is 16.0 Å². The third-order valence-corrected chi connectivity index (χ3v) is 5.99. The van der Waals surface area contributed by atoms with Gasteiger partial charge in [0.2, 0.25) is 15.9 Å². The second-order valence-electron chi connectivity index (χ2n) is 5.80. The Morgan fingerprint density at radius 2 is 1.96 bits per heavy atom. The number of amides is 1. The number of nitrogens with two attached hydrogens (primary N) is 1. The topological polar surface area (TPSA) is 119 Å². The molecule has 0 aliphatic carbocycles. The number of nitrogens with zero attached hydrogens (tertiary/aromatic N) is 1. The fourth-order valence-corrected chi connectivity index (χ4v) is 4.27. The van der Waals surface area contributed by atoms with Gasteiger partial charge in [-0.25, -0.2) is 13.2 Å². The molecule has 1 unspecified atom stereocenters. The quantitative estimate of drug-likeness (QED) is 0.660. The zero-order chi connectivity index (χ0) is 18.4. The number of methoxy groups -OCH3 is 1. The number of hydrogen-bond donors (Lipinski definition) is 2. The standard InChI is InChI=1S/C16H23N3O5S.ClH/c1-24-16(21)12-4-6-14(7-5-12)25(22,23)19-10-2-3-13(11-19)15(20)18-9-8-17;/h4-7,13H,2-3,8-11,17H2,1H3,(H,18,20);1H. The van der Waals surface area contributed by atoms with E-state index in [-0.39, 0.29) is 41.2 Å². The van der Waals surface area contributed by atoms with Crippen LogP contribution >= 0.6 is 12.4 Å². The maximum absolute atomic E-state index is 12.8. The molecule has 1 fully saturated rings. The summed E-state index contributed by atoms with van der Waals surface area (Å²) in [5.74, 6) is -1.09. The van der Waals surface area contributed by atoms with Crippen LogP contribution in [-0.2, 0) is 19.6 Å². The van der Waals surface area contributed by atoms with Crippen molar-refractivity contribution in [2.75, 3.05) is 33.3 Å². The number of benzene rings is 1. The first-order valence-electron chi connectivity index (χ1n) is 8.06. The van der Waals surface area contributed by atoms with Crippen LogP contribution in [0.3, 0.4) is 0 Å². The van der Waals surface area contributed by atoms with Gasteiger partial charge < -0.3 is 15.8 Å². The third kappa shape index (κ3) is 5.16. The molecule has 1 aliphatic rings. The van der Waals surface area contributed by atoms with Gasteiger partial charge in [-0.1, -0.05) is 0 Å². The molecule has 0 aromatic heterocycles. The van der Waals surface area contributed by atoms with Gasteiger partial charge in [-0.15, -0.1) is 12.4 Å². The van der Waals surface area contributed by atoms with E-state index in [1.54, 1.807) is 0 Å². The van der Waals surface area contributed by atoms with Crippen molar-refractivity contribution in [1.29, 1.82) is 0 Å². The molecule has 26 heavy (non-hydrogen) atoms. The molecule has 146 valence electrons. The monoisotopic (exact) mass is 405 g/mol. The van der Waals surface area contributed by atoms with Crippen LogP contribution in [0, 0.1) is 5.92 Å². The predicted octanol–water partition coefficient (Wildman–Crippen LogP) is 0.371.